The summed E-state index contributed by atoms with van der Waals surface area (Å²) in [6.45, 7) is 6.16. The van der Waals surface area contributed by atoms with E-state index in [0.717, 1.165) is 23.6 Å². The van der Waals surface area contributed by atoms with Crippen LogP contribution in [0.25, 0.3) is 0 Å². The van der Waals surface area contributed by atoms with Gasteiger partial charge in [0.05, 0.1) is 17.4 Å². The summed E-state index contributed by atoms with van der Waals surface area (Å²) in [6, 6.07) is 4.58. The first kappa shape index (κ1) is 13.7. The summed E-state index contributed by atoms with van der Waals surface area (Å²) in [7, 11) is 1.95. The van der Waals surface area contributed by atoms with Gasteiger partial charge in [0, 0.05) is 24.9 Å². The monoisotopic (exact) mass is 259 g/mol. The number of aromatic nitrogens is 4. The standard InChI is InChI=1S/C14H21N5/c1-10(2)19-8-6-12(18-19)9-14(15-4)13-5-7-16-11(3)17-13/h5-8,10,14-15H,9H2,1-4H3. The number of rotatable bonds is 5. The summed E-state index contributed by atoms with van der Waals surface area (Å²) in [5.41, 5.74) is 2.08. The van der Waals surface area contributed by atoms with Crippen molar-refractivity contribution in [3.05, 3.63) is 41.7 Å². The molecule has 0 aliphatic rings. The molecule has 19 heavy (non-hydrogen) atoms. The number of hydrogen-bond acceptors (Lipinski definition) is 4. The highest BCUT2D eigenvalue weighted by atomic mass is 15.3. The maximum Gasteiger partial charge on any atom is 0.125 e. The van der Waals surface area contributed by atoms with E-state index in [1.54, 1.807) is 6.20 Å². The minimum absolute atomic E-state index is 0.164. The van der Waals surface area contributed by atoms with Gasteiger partial charge in [0.25, 0.3) is 0 Å². The second-order valence-corrected chi connectivity index (χ2v) is 4.95. The molecule has 0 radical (unpaired) electrons. The fraction of sp³-hybridized carbons (Fsp3) is 0.500. The minimum Gasteiger partial charge on any atom is -0.311 e. The van der Waals surface area contributed by atoms with Gasteiger partial charge in [0.2, 0.25) is 0 Å². The molecule has 102 valence electrons. The van der Waals surface area contributed by atoms with Crippen LogP contribution in [0.5, 0.6) is 0 Å². The third-order valence-electron chi connectivity index (χ3n) is 3.11. The van der Waals surface area contributed by atoms with Crippen LogP contribution in [0.3, 0.4) is 0 Å². The predicted octanol–water partition coefficient (Wildman–Crippen LogP) is 2.07. The molecule has 5 nitrogen and oxygen atoms in total. The van der Waals surface area contributed by atoms with Crippen molar-refractivity contribution in [2.75, 3.05) is 7.05 Å². The molecule has 1 unspecified atom stereocenters. The Kier molecular flexibility index (Phi) is 4.27. The summed E-state index contributed by atoms with van der Waals surface area (Å²) in [5.74, 6) is 0.797. The van der Waals surface area contributed by atoms with E-state index >= 15 is 0 Å². The first-order valence-electron chi connectivity index (χ1n) is 6.61. The highest BCUT2D eigenvalue weighted by molar-refractivity contribution is 5.12. The van der Waals surface area contributed by atoms with E-state index in [1.807, 2.05) is 30.9 Å². The Balaban J connectivity index is 2.14. The fourth-order valence-corrected chi connectivity index (χ4v) is 2.01. The van der Waals surface area contributed by atoms with Gasteiger partial charge in [-0.1, -0.05) is 0 Å². The van der Waals surface area contributed by atoms with Gasteiger partial charge in [-0.2, -0.15) is 5.10 Å². The molecule has 0 saturated carbocycles. The lowest BCUT2D eigenvalue weighted by Crippen LogP contribution is -2.21. The molecule has 0 aliphatic carbocycles. The second kappa shape index (κ2) is 5.93. The highest BCUT2D eigenvalue weighted by Gasteiger charge is 2.14. The number of nitrogens with zero attached hydrogens (tertiary/aromatic N) is 4. The van der Waals surface area contributed by atoms with E-state index in [1.165, 1.54) is 0 Å². The SMILES string of the molecule is CNC(Cc1ccn(C(C)C)n1)c1ccnc(C)n1. The van der Waals surface area contributed by atoms with E-state index in [2.05, 4.69) is 40.3 Å². The van der Waals surface area contributed by atoms with Crippen molar-refractivity contribution < 1.29 is 0 Å². The Morgan fingerprint density at radius 2 is 2.11 bits per heavy atom. The van der Waals surface area contributed by atoms with Crippen molar-refractivity contribution in [1.82, 2.24) is 25.1 Å². The van der Waals surface area contributed by atoms with Crippen molar-refractivity contribution in [2.24, 2.45) is 0 Å². The molecule has 0 aromatic carbocycles. The smallest absolute Gasteiger partial charge is 0.125 e. The molecule has 1 atom stereocenters. The topological polar surface area (TPSA) is 55.6 Å². The Bertz CT molecular complexity index is 532. The van der Waals surface area contributed by atoms with Gasteiger partial charge in [-0.05, 0) is 40.0 Å². The van der Waals surface area contributed by atoms with Crippen LogP contribution < -0.4 is 5.32 Å². The molecule has 0 saturated heterocycles. The van der Waals surface area contributed by atoms with E-state index in [-0.39, 0.29) is 6.04 Å². The predicted molar refractivity (Wildman–Crippen MR) is 74.9 cm³/mol. The van der Waals surface area contributed by atoms with Crippen molar-refractivity contribution in [3.63, 3.8) is 0 Å². The van der Waals surface area contributed by atoms with Crippen LogP contribution in [0.1, 0.15) is 43.1 Å². The molecule has 2 heterocycles. The quantitative estimate of drug-likeness (QED) is 0.893. The van der Waals surface area contributed by atoms with E-state index < -0.39 is 0 Å². The number of nitrogens with one attached hydrogen (secondary N) is 1. The average molecular weight is 259 g/mol. The summed E-state index contributed by atoms with van der Waals surface area (Å²) in [5, 5.41) is 7.87. The van der Waals surface area contributed by atoms with E-state index in [9.17, 15) is 0 Å². The van der Waals surface area contributed by atoms with Gasteiger partial charge in [-0.3, -0.25) is 4.68 Å². The zero-order valence-corrected chi connectivity index (χ0v) is 12.0. The van der Waals surface area contributed by atoms with Gasteiger partial charge >= 0.3 is 0 Å². The maximum absolute atomic E-state index is 4.58. The third kappa shape index (κ3) is 3.38. The van der Waals surface area contributed by atoms with Crippen molar-refractivity contribution in [2.45, 2.75) is 39.3 Å². The summed E-state index contributed by atoms with van der Waals surface area (Å²) < 4.78 is 1.98. The summed E-state index contributed by atoms with van der Waals surface area (Å²) in [6.07, 6.45) is 4.65. The number of aryl methyl sites for hydroxylation is 1. The van der Waals surface area contributed by atoms with Crippen LogP contribution in [0.15, 0.2) is 24.5 Å². The normalized spacial score (nSPS) is 12.9. The largest absolute Gasteiger partial charge is 0.311 e. The van der Waals surface area contributed by atoms with Gasteiger partial charge in [-0.25, -0.2) is 9.97 Å². The molecule has 0 fully saturated rings. The number of hydrogen-bond donors (Lipinski definition) is 1. The molecule has 1 N–H and O–H groups in total. The fourth-order valence-electron chi connectivity index (χ4n) is 2.01. The lowest BCUT2D eigenvalue weighted by Gasteiger charge is -2.14. The molecule has 0 spiro atoms. The maximum atomic E-state index is 4.58. The highest BCUT2D eigenvalue weighted by Crippen LogP contribution is 2.15. The lowest BCUT2D eigenvalue weighted by atomic mass is 10.1. The van der Waals surface area contributed by atoms with Crippen molar-refractivity contribution >= 4 is 0 Å². The lowest BCUT2D eigenvalue weighted by molar-refractivity contribution is 0.511. The zero-order valence-electron chi connectivity index (χ0n) is 12.0. The molecular weight excluding hydrogens is 238 g/mol. The van der Waals surface area contributed by atoms with Crippen LogP contribution >= 0.6 is 0 Å². The molecule has 2 aromatic heterocycles. The van der Waals surface area contributed by atoms with Gasteiger partial charge in [0.15, 0.2) is 0 Å². The van der Waals surface area contributed by atoms with Crippen molar-refractivity contribution in [3.8, 4) is 0 Å². The van der Waals surface area contributed by atoms with Crippen LogP contribution in [-0.2, 0) is 6.42 Å². The van der Waals surface area contributed by atoms with Crippen LogP contribution in [0.4, 0.5) is 0 Å². The third-order valence-corrected chi connectivity index (χ3v) is 3.11. The van der Waals surface area contributed by atoms with E-state index in [0.29, 0.717) is 6.04 Å². The molecule has 5 heteroatoms. The van der Waals surface area contributed by atoms with Gasteiger partial charge < -0.3 is 5.32 Å². The Hall–Kier alpha value is -1.75. The molecule has 0 amide bonds. The first-order chi connectivity index (χ1) is 9.10. The first-order valence-corrected chi connectivity index (χ1v) is 6.61. The summed E-state index contributed by atoms with van der Waals surface area (Å²) >= 11 is 0. The number of likely N-dealkylation sites (N-methyl/N-ethyl adjacent to an activating group) is 1. The Morgan fingerprint density at radius 3 is 2.68 bits per heavy atom. The second-order valence-electron chi connectivity index (χ2n) is 4.95. The van der Waals surface area contributed by atoms with Gasteiger partial charge in [-0.15, -0.1) is 0 Å². The molecule has 0 bridgehead atoms. The average Bonchev–Trinajstić information content (AvgIpc) is 2.84. The van der Waals surface area contributed by atoms with Crippen LogP contribution in [-0.4, -0.2) is 26.8 Å². The molecular formula is C14H21N5. The molecule has 2 rings (SSSR count). The van der Waals surface area contributed by atoms with Crippen LogP contribution in [0, 0.1) is 6.92 Å². The van der Waals surface area contributed by atoms with Gasteiger partial charge in [0.1, 0.15) is 5.82 Å². The Morgan fingerprint density at radius 1 is 1.32 bits per heavy atom. The Labute approximate surface area is 114 Å². The van der Waals surface area contributed by atoms with E-state index in [4.69, 9.17) is 0 Å². The minimum atomic E-state index is 0.164. The molecule has 2 aromatic rings. The summed E-state index contributed by atoms with van der Waals surface area (Å²) in [4.78, 5) is 8.61. The van der Waals surface area contributed by atoms with Crippen molar-refractivity contribution in [1.29, 1.82) is 0 Å². The molecule has 0 aliphatic heterocycles. The van der Waals surface area contributed by atoms with Crippen LogP contribution in [0.2, 0.25) is 0 Å². The zero-order chi connectivity index (χ0) is 13.8.